The quantitative estimate of drug-likeness (QED) is 0.946. The third-order valence-electron chi connectivity index (χ3n) is 2.26. The number of hydrogen-bond donors (Lipinski definition) is 1. The number of rotatable bonds is 3. The van der Waals surface area contributed by atoms with Crippen molar-refractivity contribution in [3.63, 3.8) is 0 Å². The van der Waals surface area contributed by atoms with Crippen LogP contribution in [-0.2, 0) is 6.42 Å². The summed E-state index contributed by atoms with van der Waals surface area (Å²) in [5.41, 5.74) is 7.75. The summed E-state index contributed by atoms with van der Waals surface area (Å²) in [6.45, 7) is 0. The molecule has 0 bridgehead atoms. The van der Waals surface area contributed by atoms with Gasteiger partial charge in [-0.25, -0.2) is 0 Å². The Bertz CT molecular complexity index is 469. The fourth-order valence-corrected chi connectivity index (χ4v) is 1.92. The molecule has 3 nitrogen and oxygen atoms in total. The summed E-state index contributed by atoms with van der Waals surface area (Å²) in [6.07, 6.45) is 3.91. The first-order valence-corrected chi connectivity index (χ1v) is 5.93. The van der Waals surface area contributed by atoms with Crippen LogP contribution in [0.4, 0.5) is 0 Å². The maximum Gasteiger partial charge on any atom is 0.197 e. The summed E-state index contributed by atoms with van der Waals surface area (Å²) in [4.78, 5) is 4.26. The second-order valence-corrected chi connectivity index (χ2v) is 4.69. The normalized spacial score (nSPS) is 12.7. The molecule has 0 aromatic carbocycles. The minimum absolute atomic E-state index is 0.195. The van der Waals surface area contributed by atoms with Crippen molar-refractivity contribution in [2.45, 2.75) is 12.5 Å². The standard InChI is InChI=1S/C11H10BrClN2O/c12-7-1-2-8(15-6-7)5-10(14)9-3-4-16-11(9)13/h1-4,6,10H,5,14H2. The molecule has 2 aromatic rings. The number of halogens is 2. The number of hydrogen-bond acceptors (Lipinski definition) is 3. The average molecular weight is 302 g/mol. The lowest BCUT2D eigenvalue weighted by molar-refractivity contribution is 0.560. The minimum Gasteiger partial charge on any atom is -0.453 e. The molecule has 5 heteroatoms. The zero-order valence-electron chi connectivity index (χ0n) is 8.36. The molecule has 2 rings (SSSR count). The molecule has 1 unspecified atom stereocenters. The van der Waals surface area contributed by atoms with Crippen LogP contribution in [0.5, 0.6) is 0 Å². The Labute approximate surface area is 107 Å². The van der Waals surface area contributed by atoms with Crippen LogP contribution in [-0.4, -0.2) is 4.98 Å². The highest BCUT2D eigenvalue weighted by atomic mass is 79.9. The molecule has 0 spiro atoms. The van der Waals surface area contributed by atoms with Gasteiger partial charge in [0, 0.05) is 34.4 Å². The highest BCUT2D eigenvalue weighted by Gasteiger charge is 2.13. The molecule has 0 fully saturated rings. The Kier molecular flexibility index (Phi) is 3.63. The summed E-state index contributed by atoms with van der Waals surface area (Å²) in [5, 5.41) is 0.351. The van der Waals surface area contributed by atoms with Crippen molar-refractivity contribution in [2.75, 3.05) is 0 Å². The molecule has 84 valence electrons. The van der Waals surface area contributed by atoms with Crippen molar-refractivity contribution in [2.24, 2.45) is 5.73 Å². The van der Waals surface area contributed by atoms with Crippen molar-refractivity contribution >= 4 is 27.5 Å². The van der Waals surface area contributed by atoms with Gasteiger partial charge < -0.3 is 10.2 Å². The Balaban J connectivity index is 2.10. The highest BCUT2D eigenvalue weighted by molar-refractivity contribution is 9.10. The molecular formula is C11H10BrClN2O. The van der Waals surface area contributed by atoms with Gasteiger partial charge in [0.05, 0.1) is 6.26 Å². The van der Waals surface area contributed by atoms with Crippen molar-refractivity contribution in [3.05, 3.63) is 51.6 Å². The Morgan fingerprint density at radius 3 is 2.81 bits per heavy atom. The Hall–Kier alpha value is -0.840. The van der Waals surface area contributed by atoms with E-state index < -0.39 is 0 Å². The molecule has 0 amide bonds. The molecule has 0 saturated heterocycles. The predicted octanol–water partition coefficient (Wildman–Crippen LogP) is 3.33. The molecule has 2 aromatic heterocycles. The van der Waals surface area contributed by atoms with Gasteiger partial charge in [0.2, 0.25) is 0 Å². The largest absolute Gasteiger partial charge is 0.453 e. The second kappa shape index (κ2) is 4.99. The lowest BCUT2D eigenvalue weighted by Crippen LogP contribution is -2.13. The summed E-state index contributed by atoms with van der Waals surface area (Å²) in [6, 6.07) is 5.45. The van der Waals surface area contributed by atoms with E-state index in [1.807, 2.05) is 12.1 Å². The van der Waals surface area contributed by atoms with Gasteiger partial charge in [-0.1, -0.05) is 0 Å². The fraction of sp³-hybridized carbons (Fsp3) is 0.182. The SMILES string of the molecule is NC(Cc1ccc(Br)cn1)c1ccoc1Cl. The number of aromatic nitrogens is 1. The van der Waals surface area contributed by atoms with Crippen LogP contribution in [0.25, 0.3) is 0 Å². The van der Waals surface area contributed by atoms with Crippen LogP contribution in [0.2, 0.25) is 5.22 Å². The predicted molar refractivity (Wildman–Crippen MR) is 66.3 cm³/mol. The topological polar surface area (TPSA) is 52.0 Å². The van der Waals surface area contributed by atoms with Crippen molar-refractivity contribution in [1.82, 2.24) is 4.98 Å². The van der Waals surface area contributed by atoms with Crippen molar-refractivity contribution in [1.29, 1.82) is 0 Å². The minimum atomic E-state index is -0.195. The van der Waals surface area contributed by atoms with E-state index in [0.29, 0.717) is 11.6 Å². The molecule has 2 heterocycles. The third kappa shape index (κ3) is 2.64. The lowest BCUT2D eigenvalue weighted by atomic mass is 10.1. The van der Waals surface area contributed by atoms with E-state index in [9.17, 15) is 0 Å². The smallest absolute Gasteiger partial charge is 0.197 e. The van der Waals surface area contributed by atoms with Gasteiger partial charge >= 0.3 is 0 Å². The Morgan fingerprint density at radius 1 is 1.44 bits per heavy atom. The van der Waals surface area contributed by atoms with Gasteiger partial charge in [-0.05, 0) is 45.7 Å². The van der Waals surface area contributed by atoms with Crippen LogP contribution in [0.3, 0.4) is 0 Å². The summed E-state index contributed by atoms with van der Waals surface area (Å²) in [7, 11) is 0. The maximum atomic E-state index is 6.01. The number of nitrogens with zero attached hydrogens (tertiary/aromatic N) is 1. The van der Waals surface area contributed by atoms with Gasteiger partial charge in [-0.3, -0.25) is 4.98 Å². The molecule has 0 radical (unpaired) electrons. The average Bonchev–Trinajstić information content (AvgIpc) is 2.68. The van der Waals surface area contributed by atoms with E-state index in [-0.39, 0.29) is 6.04 Å². The van der Waals surface area contributed by atoms with Crippen LogP contribution in [0.15, 0.2) is 39.5 Å². The highest BCUT2D eigenvalue weighted by Crippen LogP contribution is 2.24. The van der Waals surface area contributed by atoms with Crippen LogP contribution in [0.1, 0.15) is 17.3 Å². The number of pyridine rings is 1. The van der Waals surface area contributed by atoms with E-state index in [4.69, 9.17) is 21.8 Å². The van der Waals surface area contributed by atoms with Gasteiger partial charge in [-0.2, -0.15) is 0 Å². The van der Waals surface area contributed by atoms with Gasteiger partial charge in [0.1, 0.15) is 0 Å². The second-order valence-electron chi connectivity index (χ2n) is 3.43. The molecular weight excluding hydrogens is 291 g/mol. The van der Waals surface area contributed by atoms with E-state index in [1.54, 1.807) is 12.3 Å². The Morgan fingerprint density at radius 2 is 2.25 bits per heavy atom. The first-order valence-electron chi connectivity index (χ1n) is 4.75. The molecule has 2 N–H and O–H groups in total. The van der Waals surface area contributed by atoms with E-state index in [2.05, 4.69) is 20.9 Å². The fourth-order valence-electron chi connectivity index (χ4n) is 1.43. The molecule has 1 atom stereocenters. The monoisotopic (exact) mass is 300 g/mol. The zero-order chi connectivity index (χ0) is 11.5. The first kappa shape index (κ1) is 11.6. The number of nitrogens with two attached hydrogens (primary N) is 1. The lowest BCUT2D eigenvalue weighted by Gasteiger charge is -2.09. The third-order valence-corrected chi connectivity index (χ3v) is 3.04. The summed E-state index contributed by atoms with van der Waals surface area (Å²) in [5.74, 6) is 0. The molecule has 16 heavy (non-hydrogen) atoms. The van der Waals surface area contributed by atoms with Crippen molar-refractivity contribution < 1.29 is 4.42 Å². The maximum absolute atomic E-state index is 6.01. The molecule has 0 saturated carbocycles. The van der Waals surface area contributed by atoms with Gasteiger partial charge in [-0.15, -0.1) is 0 Å². The van der Waals surface area contributed by atoms with Crippen LogP contribution >= 0.6 is 27.5 Å². The zero-order valence-corrected chi connectivity index (χ0v) is 10.7. The molecule has 0 aliphatic heterocycles. The van der Waals surface area contributed by atoms with E-state index >= 15 is 0 Å². The van der Waals surface area contributed by atoms with Crippen LogP contribution < -0.4 is 5.73 Å². The molecule has 0 aliphatic carbocycles. The summed E-state index contributed by atoms with van der Waals surface area (Å²) < 4.78 is 5.95. The molecule has 0 aliphatic rings. The van der Waals surface area contributed by atoms with Gasteiger partial charge in [0.25, 0.3) is 0 Å². The van der Waals surface area contributed by atoms with Crippen LogP contribution in [0, 0.1) is 0 Å². The van der Waals surface area contributed by atoms with E-state index in [0.717, 1.165) is 15.7 Å². The van der Waals surface area contributed by atoms with Gasteiger partial charge in [0.15, 0.2) is 5.22 Å². The first-order chi connectivity index (χ1) is 7.66. The van der Waals surface area contributed by atoms with E-state index in [1.165, 1.54) is 6.26 Å². The number of furan rings is 1. The summed E-state index contributed by atoms with van der Waals surface area (Å²) >= 11 is 9.18. The van der Waals surface area contributed by atoms with Crippen molar-refractivity contribution in [3.8, 4) is 0 Å².